The molecular weight excluding hydrogens is 230 g/mol. The SMILES string of the molecule is c1c[nH]c(OC2=NOC3(C2)CN2CCC3CC2)c1. The maximum absolute atomic E-state index is 5.78. The molecule has 5 heterocycles. The fourth-order valence-corrected chi connectivity index (χ4v) is 3.45. The molecule has 1 aromatic heterocycles. The number of ether oxygens (including phenoxy) is 1. The van der Waals surface area contributed by atoms with Crippen molar-refractivity contribution in [2.24, 2.45) is 11.1 Å². The molecule has 0 saturated carbocycles. The number of aromatic amines is 1. The maximum Gasteiger partial charge on any atom is 0.237 e. The van der Waals surface area contributed by atoms with Gasteiger partial charge < -0.3 is 14.6 Å². The molecule has 4 aliphatic rings. The van der Waals surface area contributed by atoms with Crippen LogP contribution in [0.1, 0.15) is 19.3 Å². The molecule has 1 atom stereocenters. The van der Waals surface area contributed by atoms with Crippen LogP contribution in [0.2, 0.25) is 0 Å². The Morgan fingerprint density at radius 2 is 2.33 bits per heavy atom. The molecule has 2 bridgehead atoms. The molecule has 3 fully saturated rings. The van der Waals surface area contributed by atoms with Crippen molar-refractivity contribution in [3.05, 3.63) is 18.3 Å². The molecule has 18 heavy (non-hydrogen) atoms. The minimum absolute atomic E-state index is 0.113. The van der Waals surface area contributed by atoms with Crippen molar-refractivity contribution in [3.63, 3.8) is 0 Å². The second-order valence-electron chi connectivity index (χ2n) is 5.50. The van der Waals surface area contributed by atoms with E-state index >= 15 is 0 Å². The summed E-state index contributed by atoms with van der Waals surface area (Å²) in [5.74, 6) is 2.07. The standard InChI is InChI=1S/C13H17N3O2/c1-2-11(14-5-1)17-12-8-13(18-15-12)9-16-6-3-10(13)4-7-16/h1-2,5,10,14H,3-4,6-9H2. The van der Waals surface area contributed by atoms with Crippen LogP contribution in [-0.2, 0) is 4.84 Å². The molecule has 0 amide bonds. The van der Waals surface area contributed by atoms with Gasteiger partial charge in [0.05, 0.1) is 6.42 Å². The summed E-state index contributed by atoms with van der Waals surface area (Å²) in [4.78, 5) is 11.3. The zero-order chi connectivity index (χ0) is 12.0. The van der Waals surface area contributed by atoms with Gasteiger partial charge >= 0.3 is 0 Å². The zero-order valence-corrected chi connectivity index (χ0v) is 10.3. The number of nitrogens with one attached hydrogen (secondary N) is 1. The quantitative estimate of drug-likeness (QED) is 0.820. The van der Waals surface area contributed by atoms with Crippen molar-refractivity contribution in [2.75, 3.05) is 19.6 Å². The van der Waals surface area contributed by atoms with E-state index in [-0.39, 0.29) is 5.60 Å². The van der Waals surface area contributed by atoms with Gasteiger partial charge in [-0.15, -0.1) is 0 Å². The van der Waals surface area contributed by atoms with Gasteiger partial charge in [-0.2, -0.15) is 0 Å². The van der Waals surface area contributed by atoms with Crippen LogP contribution in [0.25, 0.3) is 0 Å². The average Bonchev–Trinajstić information content (AvgIpc) is 3.02. The number of fused-ring (bicyclic) bond motifs is 2. The van der Waals surface area contributed by atoms with Gasteiger partial charge in [0.25, 0.3) is 0 Å². The minimum atomic E-state index is -0.113. The second kappa shape index (κ2) is 3.75. The van der Waals surface area contributed by atoms with Gasteiger partial charge in [0.2, 0.25) is 5.90 Å². The van der Waals surface area contributed by atoms with E-state index in [1.165, 1.54) is 25.9 Å². The largest absolute Gasteiger partial charge is 0.423 e. The van der Waals surface area contributed by atoms with Crippen LogP contribution in [0.3, 0.4) is 0 Å². The molecule has 1 spiro atoms. The fourth-order valence-electron chi connectivity index (χ4n) is 3.45. The molecule has 0 radical (unpaired) electrons. The number of aromatic nitrogens is 1. The highest BCUT2D eigenvalue weighted by atomic mass is 16.7. The summed E-state index contributed by atoms with van der Waals surface area (Å²) in [5, 5.41) is 4.15. The Labute approximate surface area is 106 Å². The van der Waals surface area contributed by atoms with Crippen molar-refractivity contribution < 1.29 is 9.57 Å². The van der Waals surface area contributed by atoms with E-state index in [1.54, 1.807) is 0 Å². The monoisotopic (exact) mass is 247 g/mol. The van der Waals surface area contributed by atoms with E-state index in [9.17, 15) is 0 Å². The van der Waals surface area contributed by atoms with Crippen molar-refractivity contribution in [2.45, 2.75) is 24.9 Å². The number of oxime groups is 1. The highest BCUT2D eigenvalue weighted by molar-refractivity contribution is 5.80. The summed E-state index contributed by atoms with van der Waals surface area (Å²) < 4.78 is 5.70. The molecule has 96 valence electrons. The molecule has 1 aromatic rings. The van der Waals surface area contributed by atoms with Crippen LogP contribution < -0.4 is 4.74 Å². The van der Waals surface area contributed by atoms with Gasteiger partial charge in [-0.25, -0.2) is 0 Å². The van der Waals surface area contributed by atoms with Gasteiger partial charge in [-0.05, 0) is 32.0 Å². The van der Waals surface area contributed by atoms with E-state index < -0.39 is 0 Å². The van der Waals surface area contributed by atoms with Gasteiger partial charge in [-0.3, -0.25) is 4.90 Å². The van der Waals surface area contributed by atoms with Crippen molar-refractivity contribution in [1.82, 2.24) is 9.88 Å². The van der Waals surface area contributed by atoms with E-state index in [1.807, 2.05) is 18.3 Å². The molecule has 0 aliphatic carbocycles. The molecule has 1 unspecified atom stereocenters. The summed E-state index contributed by atoms with van der Waals surface area (Å²) in [7, 11) is 0. The lowest BCUT2D eigenvalue weighted by atomic mass is 9.74. The van der Waals surface area contributed by atoms with Crippen LogP contribution in [-0.4, -0.2) is 41.0 Å². The predicted molar refractivity (Wildman–Crippen MR) is 66.5 cm³/mol. The first-order valence-corrected chi connectivity index (χ1v) is 6.63. The van der Waals surface area contributed by atoms with Gasteiger partial charge in [0.15, 0.2) is 11.5 Å². The van der Waals surface area contributed by atoms with Crippen molar-refractivity contribution in [3.8, 4) is 5.88 Å². The maximum atomic E-state index is 5.78. The van der Waals surface area contributed by atoms with Crippen LogP contribution in [0.15, 0.2) is 23.5 Å². The van der Waals surface area contributed by atoms with E-state index in [2.05, 4.69) is 15.0 Å². The summed E-state index contributed by atoms with van der Waals surface area (Å²) in [6.45, 7) is 3.42. The highest BCUT2D eigenvalue weighted by Gasteiger charge is 2.53. The number of H-pyrrole nitrogens is 1. The minimum Gasteiger partial charge on any atom is -0.423 e. The summed E-state index contributed by atoms with van der Waals surface area (Å²) in [6.07, 6.45) is 5.10. The van der Waals surface area contributed by atoms with Crippen molar-refractivity contribution in [1.29, 1.82) is 0 Å². The Morgan fingerprint density at radius 1 is 1.44 bits per heavy atom. The van der Waals surface area contributed by atoms with E-state index in [0.29, 0.717) is 11.8 Å². The Bertz CT molecular complexity index is 463. The van der Waals surface area contributed by atoms with Crippen LogP contribution in [0.4, 0.5) is 0 Å². The fraction of sp³-hybridized carbons (Fsp3) is 0.615. The second-order valence-corrected chi connectivity index (χ2v) is 5.50. The van der Waals surface area contributed by atoms with E-state index in [4.69, 9.17) is 9.57 Å². The average molecular weight is 247 g/mol. The Hall–Kier alpha value is -1.49. The molecule has 4 aliphatic heterocycles. The predicted octanol–water partition coefficient (Wildman–Crippen LogP) is 1.59. The molecule has 5 rings (SSSR count). The van der Waals surface area contributed by atoms with Crippen LogP contribution in [0.5, 0.6) is 5.88 Å². The summed E-state index contributed by atoms with van der Waals surface area (Å²) >= 11 is 0. The lowest BCUT2D eigenvalue weighted by Crippen LogP contribution is -2.59. The lowest BCUT2D eigenvalue weighted by molar-refractivity contribution is -0.136. The van der Waals surface area contributed by atoms with Gasteiger partial charge in [0.1, 0.15) is 0 Å². The number of nitrogens with zero attached hydrogens (tertiary/aromatic N) is 2. The van der Waals surface area contributed by atoms with Gasteiger partial charge in [0, 0.05) is 24.7 Å². The summed E-state index contributed by atoms with van der Waals surface area (Å²) in [5.41, 5.74) is -0.113. The number of rotatable bonds is 1. The molecule has 0 aromatic carbocycles. The highest BCUT2D eigenvalue weighted by Crippen LogP contribution is 2.43. The van der Waals surface area contributed by atoms with Crippen LogP contribution in [0, 0.1) is 5.92 Å². The molecule has 5 heteroatoms. The van der Waals surface area contributed by atoms with E-state index in [0.717, 1.165) is 18.8 Å². The third-order valence-electron chi connectivity index (χ3n) is 4.40. The number of hydrogen-bond donors (Lipinski definition) is 1. The smallest absolute Gasteiger partial charge is 0.237 e. The Balaban J connectivity index is 1.48. The lowest BCUT2D eigenvalue weighted by Gasteiger charge is -2.49. The number of hydrogen-bond acceptors (Lipinski definition) is 4. The topological polar surface area (TPSA) is 49.9 Å². The molecule has 5 nitrogen and oxygen atoms in total. The zero-order valence-electron chi connectivity index (χ0n) is 10.3. The first kappa shape index (κ1) is 10.4. The first-order valence-electron chi connectivity index (χ1n) is 6.63. The Kier molecular flexibility index (Phi) is 2.17. The van der Waals surface area contributed by atoms with Crippen molar-refractivity contribution >= 4 is 5.90 Å². The normalized spacial score (nSPS) is 37.7. The van der Waals surface area contributed by atoms with Gasteiger partial charge in [-0.1, -0.05) is 5.16 Å². The molecule has 3 saturated heterocycles. The molecule has 1 N–H and O–H groups in total. The Morgan fingerprint density at radius 3 is 3.00 bits per heavy atom. The number of piperidine rings is 3. The third-order valence-corrected chi connectivity index (χ3v) is 4.40. The first-order chi connectivity index (χ1) is 8.84. The molecular formula is C13H17N3O2. The third kappa shape index (κ3) is 1.54. The summed E-state index contributed by atoms with van der Waals surface area (Å²) in [6, 6.07) is 3.81. The van der Waals surface area contributed by atoms with Crippen LogP contribution >= 0.6 is 0 Å².